The van der Waals surface area contributed by atoms with E-state index in [9.17, 15) is 9.59 Å². The van der Waals surface area contributed by atoms with Gasteiger partial charge in [0, 0.05) is 25.4 Å². The minimum atomic E-state index is -0.624. The zero-order valence-electron chi connectivity index (χ0n) is 19.5. The van der Waals surface area contributed by atoms with Gasteiger partial charge in [-0.3, -0.25) is 9.59 Å². The van der Waals surface area contributed by atoms with Gasteiger partial charge in [-0.25, -0.2) is 0 Å². The first-order chi connectivity index (χ1) is 16.0. The van der Waals surface area contributed by atoms with E-state index in [0.717, 1.165) is 22.4 Å². The molecule has 0 bridgehead atoms. The van der Waals surface area contributed by atoms with Crippen molar-refractivity contribution in [2.75, 3.05) is 7.11 Å². The predicted molar refractivity (Wildman–Crippen MR) is 131 cm³/mol. The van der Waals surface area contributed by atoms with E-state index in [2.05, 4.69) is 5.32 Å². The molecule has 2 amide bonds. The van der Waals surface area contributed by atoms with Gasteiger partial charge in [-0.2, -0.15) is 0 Å². The van der Waals surface area contributed by atoms with Crippen LogP contribution >= 0.6 is 0 Å². The number of nitrogens with zero attached hydrogens (tertiary/aromatic N) is 1. The van der Waals surface area contributed by atoms with Crippen LogP contribution in [0.4, 0.5) is 0 Å². The maximum absolute atomic E-state index is 13.5. The maximum Gasteiger partial charge on any atom is 0.243 e. The highest BCUT2D eigenvalue weighted by molar-refractivity contribution is 5.88. The second kappa shape index (κ2) is 11.9. The number of rotatable bonds is 10. The van der Waals surface area contributed by atoms with E-state index < -0.39 is 6.04 Å². The molecular weight excluding hydrogens is 412 g/mol. The standard InChI is InChI=1S/C28H32N2O3/c1-21(2)28(32)30(20-24-12-8-5-9-13-24)26(18-22-10-6-4-7-11-22)27(31)29-19-23-14-16-25(33-3)17-15-23/h4-17,21,26H,18-20H2,1-3H3,(H,29,31)/t26-/m0/s1. The largest absolute Gasteiger partial charge is 0.497 e. The lowest BCUT2D eigenvalue weighted by Gasteiger charge is -2.32. The Kier molecular flexibility index (Phi) is 8.64. The lowest BCUT2D eigenvalue weighted by atomic mass is 10.0. The molecule has 5 heteroatoms. The quantitative estimate of drug-likeness (QED) is 0.497. The summed E-state index contributed by atoms with van der Waals surface area (Å²) in [7, 11) is 1.62. The van der Waals surface area contributed by atoms with Crippen LogP contribution < -0.4 is 10.1 Å². The second-order valence-electron chi connectivity index (χ2n) is 8.38. The fraction of sp³-hybridized carbons (Fsp3) is 0.286. The van der Waals surface area contributed by atoms with Crippen molar-refractivity contribution in [3.05, 3.63) is 102 Å². The summed E-state index contributed by atoms with van der Waals surface area (Å²) in [6.45, 7) is 4.50. The van der Waals surface area contributed by atoms with Crippen molar-refractivity contribution in [2.24, 2.45) is 5.92 Å². The predicted octanol–water partition coefficient (Wildman–Crippen LogP) is 4.61. The maximum atomic E-state index is 13.5. The summed E-state index contributed by atoms with van der Waals surface area (Å²) in [4.78, 5) is 28.5. The van der Waals surface area contributed by atoms with Gasteiger partial charge in [-0.15, -0.1) is 0 Å². The molecule has 0 spiro atoms. The van der Waals surface area contributed by atoms with Crippen molar-refractivity contribution in [2.45, 2.75) is 39.4 Å². The summed E-state index contributed by atoms with van der Waals surface area (Å²) in [6, 6.07) is 26.6. The lowest BCUT2D eigenvalue weighted by molar-refractivity contribution is -0.143. The van der Waals surface area contributed by atoms with E-state index in [1.807, 2.05) is 98.8 Å². The van der Waals surface area contributed by atoms with Crippen LogP contribution in [0.25, 0.3) is 0 Å². The summed E-state index contributed by atoms with van der Waals surface area (Å²) in [6.07, 6.45) is 0.445. The van der Waals surface area contributed by atoms with Crippen LogP contribution in [-0.2, 0) is 29.1 Å². The van der Waals surface area contributed by atoms with Crippen LogP contribution in [-0.4, -0.2) is 29.9 Å². The topological polar surface area (TPSA) is 58.6 Å². The first-order valence-electron chi connectivity index (χ1n) is 11.3. The number of hydrogen-bond donors (Lipinski definition) is 1. The zero-order valence-corrected chi connectivity index (χ0v) is 19.5. The average molecular weight is 445 g/mol. The van der Waals surface area contributed by atoms with Crippen LogP contribution in [0.2, 0.25) is 0 Å². The van der Waals surface area contributed by atoms with Crippen LogP contribution in [0.5, 0.6) is 5.75 Å². The van der Waals surface area contributed by atoms with Gasteiger partial charge < -0.3 is 15.0 Å². The lowest BCUT2D eigenvalue weighted by Crippen LogP contribution is -2.51. The van der Waals surface area contributed by atoms with E-state index in [-0.39, 0.29) is 17.7 Å². The number of benzene rings is 3. The molecule has 3 aromatic rings. The van der Waals surface area contributed by atoms with Crippen molar-refractivity contribution in [1.82, 2.24) is 10.2 Å². The van der Waals surface area contributed by atoms with Crippen molar-refractivity contribution in [3.8, 4) is 5.75 Å². The third-order valence-corrected chi connectivity index (χ3v) is 5.55. The van der Waals surface area contributed by atoms with E-state index in [1.165, 1.54) is 0 Å². The molecule has 0 unspecified atom stereocenters. The Morgan fingerprint density at radius 3 is 1.94 bits per heavy atom. The highest BCUT2D eigenvalue weighted by Crippen LogP contribution is 2.18. The van der Waals surface area contributed by atoms with Crippen LogP contribution in [0.3, 0.4) is 0 Å². The van der Waals surface area contributed by atoms with E-state index >= 15 is 0 Å². The molecule has 1 N–H and O–H groups in total. The Morgan fingerprint density at radius 1 is 0.818 bits per heavy atom. The smallest absolute Gasteiger partial charge is 0.243 e. The van der Waals surface area contributed by atoms with Crippen LogP contribution in [0.15, 0.2) is 84.9 Å². The number of ether oxygens (including phenoxy) is 1. The highest BCUT2D eigenvalue weighted by atomic mass is 16.5. The Morgan fingerprint density at radius 2 is 1.39 bits per heavy atom. The molecule has 0 aliphatic carbocycles. The highest BCUT2D eigenvalue weighted by Gasteiger charge is 2.31. The summed E-state index contributed by atoms with van der Waals surface area (Å²) < 4.78 is 5.20. The molecule has 3 aromatic carbocycles. The molecular formula is C28H32N2O3. The molecule has 3 rings (SSSR count). The van der Waals surface area contributed by atoms with E-state index in [0.29, 0.717) is 19.5 Å². The van der Waals surface area contributed by atoms with Crippen molar-refractivity contribution in [1.29, 1.82) is 0 Å². The van der Waals surface area contributed by atoms with Gasteiger partial charge in [-0.05, 0) is 28.8 Å². The monoisotopic (exact) mass is 444 g/mol. The number of hydrogen-bond acceptors (Lipinski definition) is 3. The Bertz CT molecular complexity index is 1020. The average Bonchev–Trinajstić information content (AvgIpc) is 2.85. The van der Waals surface area contributed by atoms with E-state index in [1.54, 1.807) is 12.0 Å². The normalized spacial score (nSPS) is 11.6. The molecule has 0 aromatic heterocycles. The van der Waals surface area contributed by atoms with Gasteiger partial charge in [0.15, 0.2) is 0 Å². The fourth-order valence-electron chi connectivity index (χ4n) is 3.69. The summed E-state index contributed by atoms with van der Waals surface area (Å²) in [5, 5.41) is 3.04. The number of carbonyl (C=O) groups excluding carboxylic acids is 2. The summed E-state index contributed by atoms with van der Waals surface area (Å²) in [5.41, 5.74) is 2.97. The number of methoxy groups -OCH3 is 1. The van der Waals surface area contributed by atoms with Crippen LogP contribution in [0, 0.1) is 5.92 Å². The summed E-state index contributed by atoms with van der Waals surface area (Å²) >= 11 is 0. The minimum Gasteiger partial charge on any atom is -0.497 e. The SMILES string of the molecule is COc1ccc(CNC(=O)[C@H](Cc2ccccc2)N(Cc2ccccc2)C(=O)C(C)C)cc1. The zero-order chi connectivity index (χ0) is 23.6. The second-order valence-corrected chi connectivity index (χ2v) is 8.38. The third kappa shape index (κ3) is 6.94. The van der Waals surface area contributed by atoms with Crippen molar-refractivity contribution >= 4 is 11.8 Å². The Hall–Kier alpha value is -3.60. The van der Waals surface area contributed by atoms with Gasteiger partial charge in [0.1, 0.15) is 11.8 Å². The molecule has 0 saturated carbocycles. The van der Waals surface area contributed by atoms with Crippen LogP contribution in [0.1, 0.15) is 30.5 Å². The first-order valence-corrected chi connectivity index (χ1v) is 11.3. The van der Waals surface area contributed by atoms with Gasteiger partial charge in [0.05, 0.1) is 7.11 Å². The molecule has 1 atom stereocenters. The van der Waals surface area contributed by atoms with Crippen molar-refractivity contribution in [3.63, 3.8) is 0 Å². The summed E-state index contributed by atoms with van der Waals surface area (Å²) in [5.74, 6) is 0.337. The molecule has 5 nitrogen and oxygen atoms in total. The van der Waals surface area contributed by atoms with Crippen molar-refractivity contribution < 1.29 is 14.3 Å². The molecule has 33 heavy (non-hydrogen) atoms. The first kappa shape index (κ1) is 24.1. The minimum absolute atomic E-state index is 0.0422. The third-order valence-electron chi connectivity index (χ3n) is 5.55. The number of amides is 2. The molecule has 0 aliphatic rings. The molecule has 0 radical (unpaired) electrons. The van der Waals surface area contributed by atoms with Gasteiger partial charge in [0.2, 0.25) is 11.8 Å². The van der Waals surface area contributed by atoms with E-state index in [4.69, 9.17) is 4.74 Å². The molecule has 172 valence electrons. The number of nitrogens with one attached hydrogen (secondary N) is 1. The molecule has 0 aliphatic heterocycles. The fourth-order valence-corrected chi connectivity index (χ4v) is 3.69. The van der Waals surface area contributed by atoms with Gasteiger partial charge in [-0.1, -0.05) is 86.6 Å². The molecule has 0 saturated heterocycles. The number of carbonyl (C=O) groups is 2. The van der Waals surface area contributed by atoms with Gasteiger partial charge in [0.25, 0.3) is 0 Å². The Balaban J connectivity index is 1.85. The molecule has 0 fully saturated rings. The molecule has 0 heterocycles. The van der Waals surface area contributed by atoms with Gasteiger partial charge >= 0.3 is 0 Å². The Labute approximate surface area is 196 Å².